The molecule has 0 unspecified atom stereocenters. The van der Waals surface area contributed by atoms with E-state index >= 15 is 0 Å². The minimum absolute atomic E-state index is 0.208. The summed E-state index contributed by atoms with van der Waals surface area (Å²) in [5, 5.41) is 18.2. The summed E-state index contributed by atoms with van der Waals surface area (Å²) in [4.78, 5) is 22.2. The summed E-state index contributed by atoms with van der Waals surface area (Å²) < 4.78 is 0. The van der Waals surface area contributed by atoms with Crippen LogP contribution in [-0.2, 0) is 21.4 Å². The Balaban J connectivity index is 1.93. The molecule has 0 aliphatic heterocycles. The van der Waals surface area contributed by atoms with Crippen LogP contribution < -0.4 is 0 Å². The molecule has 0 amide bonds. The molecule has 2 atom stereocenters. The fourth-order valence-electron chi connectivity index (χ4n) is 3.43. The topological polar surface area (TPSA) is 74.6 Å². The lowest BCUT2D eigenvalue weighted by atomic mass is 9.89. The van der Waals surface area contributed by atoms with Gasteiger partial charge in [-0.3, -0.25) is 9.59 Å². The number of aliphatic carboxylic acids is 2. The summed E-state index contributed by atoms with van der Waals surface area (Å²) in [6.45, 7) is 2.05. The molecule has 94 valence electrons. The van der Waals surface area contributed by atoms with E-state index in [1.165, 1.54) is 5.56 Å². The summed E-state index contributed by atoms with van der Waals surface area (Å²) in [6, 6.07) is 7.68. The maximum absolute atomic E-state index is 11.1. The highest BCUT2D eigenvalue weighted by Gasteiger charge is 2.92. The van der Waals surface area contributed by atoms with E-state index in [1.807, 2.05) is 31.2 Å². The lowest BCUT2D eigenvalue weighted by molar-refractivity contribution is -0.144. The first-order valence-electron chi connectivity index (χ1n) is 6.10. The predicted octanol–water partition coefficient (Wildman–Crippen LogP) is 1.53. The SMILES string of the molecule is CCc1ccc(C23C([C@H]2C(=O)O)[C@H]3C(=O)O)cc1. The molecule has 2 saturated carbocycles. The Morgan fingerprint density at radius 3 is 2.00 bits per heavy atom. The molecule has 2 aliphatic rings. The van der Waals surface area contributed by atoms with Gasteiger partial charge in [0.1, 0.15) is 0 Å². The highest BCUT2D eigenvalue weighted by atomic mass is 16.4. The van der Waals surface area contributed by atoms with Crippen LogP contribution in [0.5, 0.6) is 0 Å². The number of carbonyl (C=O) groups is 2. The van der Waals surface area contributed by atoms with Gasteiger partial charge in [0.25, 0.3) is 0 Å². The average molecular weight is 246 g/mol. The van der Waals surface area contributed by atoms with Crippen molar-refractivity contribution in [2.75, 3.05) is 0 Å². The largest absolute Gasteiger partial charge is 0.481 e. The Bertz CT molecular complexity index is 509. The second kappa shape index (κ2) is 3.34. The van der Waals surface area contributed by atoms with Crippen LogP contribution in [0.15, 0.2) is 24.3 Å². The number of hydrogen-bond acceptors (Lipinski definition) is 2. The van der Waals surface area contributed by atoms with Crippen molar-refractivity contribution < 1.29 is 19.8 Å². The Morgan fingerprint density at radius 1 is 1.11 bits per heavy atom. The first-order valence-corrected chi connectivity index (χ1v) is 6.10. The van der Waals surface area contributed by atoms with Crippen molar-refractivity contribution in [3.8, 4) is 0 Å². The van der Waals surface area contributed by atoms with Gasteiger partial charge in [-0.25, -0.2) is 0 Å². The maximum Gasteiger partial charge on any atom is 0.307 e. The van der Waals surface area contributed by atoms with Crippen LogP contribution in [0.3, 0.4) is 0 Å². The van der Waals surface area contributed by atoms with Crippen molar-refractivity contribution in [2.24, 2.45) is 17.8 Å². The zero-order chi connectivity index (χ0) is 13.1. The Kier molecular flexibility index (Phi) is 2.09. The molecule has 18 heavy (non-hydrogen) atoms. The van der Waals surface area contributed by atoms with Crippen LogP contribution in [0.4, 0.5) is 0 Å². The Labute approximate surface area is 104 Å². The van der Waals surface area contributed by atoms with Gasteiger partial charge in [0.05, 0.1) is 11.8 Å². The third-order valence-electron chi connectivity index (χ3n) is 4.48. The number of benzene rings is 1. The number of carboxylic acids is 2. The standard InChI is InChI=1S/C14H14O4/c1-2-7-3-5-8(6-4-7)14-9(10(14)12(15)16)11(14)13(17)18/h3-6,9-11H,2H2,1H3,(H,15,16)(H,17,18)/t9?,10-,11-,14?/m0/s1. The molecular formula is C14H14O4. The van der Waals surface area contributed by atoms with Gasteiger partial charge in [-0.05, 0) is 23.5 Å². The van der Waals surface area contributed by atoms with Crippen LogP contribution in [0.25, 0.3) is 0 Å². The average Bonchev–Trinajstić information content (AvgIpc) is 3.15. The van der Waals surface area contributed by atoms with Crippen molar-refractivity contribution in [2.45, 2.75) is 18.8 Å². The maximum atomic E-state index is 11.1. The molecule has 0 bridgehead atoms. The number of rotatable bonds is 4. The van der Waals surface area contributed by atoms with E-state index in [4.69, 9.17) is 10.2 Å². The second-order valence-corrected chi connectivity index (χ2v) is 5.14. The van der Waals surface area contributed by atoms with Crippen molar-refractivity contribution in [3.05, 3.63) is 35.4 Å². The second-order valence-electron chi connectivity index (χ2n) is 5.14. The van der Waals surface area contributed by atoms with E-state index in [0.717, 1.165) is 12.0 Å². The molecule has 4 nitrogen and oxygen atoms in total. The van der Waals surface area contributed by atoms with Crippen molar-refractivity contribution in [3.63, 3.8) is 0 Å². The van der Waals surface area contributed by atoms with Gasteiger partial charge in [-0.1, -0.05) is 31.2 Å². The normalized spacial score (nSPS) is 35.7. The molecule has 2 aliphatic carbocycles. The van der Waals surface area contributed by atoms with Crippen LogP contribution in [-0.4, -0.2) is 22.2 Å². The van der Waals surface area contributed by atoms with Gasteiger partial charge in [0.15, 0.2) is 0 Å². The van der Waals surface area contributed by atoms with Crippen LogP contribution in [0.2, 0.25) is 0 Å². The van der Waals surface area contributed by atoms with Gasteiger partial charge in [-0.15, -0.1) is 0 Å². The molecular weight excluding hydrogens is 232 g/mol. The minimum Gasteiger partial charge on any atom is -0.481 e. The summed E-state index contributed by atoms with van der Waals surface area (Å²) in [7, 11) is 0. The number of hydrogen-bond donors (Lipinski definition) is 2. The third-order valence-corrected chi connectivity index (χ3v) is 4.48. The highest BCUT2D eigenvalue weighted by Crippen LogP contribution is 2.83. The molecule has 0 aromatic heterocycles. The predicted molar refractivity (Wildman–Crippen MR) is 63.2 cm³/mol. The molecule has 4 heteroatoms. The van der Waals surface area contributed by atoms with Crippen LogP contribution in [0, 0.1) is 17.8 Å². The molecule has 0 saturated heterocycles. The fourth-order valence-corrected chi connectivity index (χ4v) is 3.43. The van der Waals surface area contributed by atoms with Gasteiger partial charge in [-0.2, -0.15) is 0 Å². The van der Waals surface area contributed by atoms with E-state index in [9.17, 15) is 9.59 Å². The molecule has 0 spiro atoms. The van der Waals surface area contributed by atoms with E-state index in [2.05, 4.69) is 0 Å². The van der Waals surface area contributed by atoms with Crippen LogP contribution in [0.1, 0.15) is 18.1 Å². The lowest BCUT2D eigenvalue weighted by Crippen LogP contribution is -2.25. The van der Waals surface area contributed by atoms with Crippen molar-refractivity contribution in [1.29, 1.82) is 0 Å². The molecule has 0 heterocycles. The van der Waals surface area contributed by atoms with Gasteiger partial charge < -0.3 is 10.2 Å². The molecule has 3 rings (SSSR count). The quantitative estimate of drug-likeness (QED) is 0.844. The van der Waals surface area contributed by atoms with Crippen LogP contribution >= 0.6 is 0 Å². The zero-order valence-corrected chi connectivity index (χ0v) is 9.96. The summed E-state index contributed by atoms with van der Waals surface area (Å²) in [5.41, 5.74) is 1.42. The highest BCUT2D eigenvalue weighted by molar-refractivity contribution is 5.92. The van der Waals surface area contributed by atoms with Gasteiger partial charge in [0.2, 0.25) is 0 Å². The number of aryl methyl sites for hydroxylation is 1. The number of carboxylic acid groups (broad SMARTS) is 2. The Hall–Kier alpha value is -1.84. The summed E-state index contributed by atoms with van der Waals surface area (Å²) in [5.74, 6) is -2.98. The van der Waals surface area contributed by atoms with Crippen molar-refractivity contribution >= 4 is 11.9 Å². The van der Waals surface area contributed by atoms with E-state index in [-0.39, 0.29) is 5.92 Å². The van der Waals surface area contributed by atoms with Gasteiger partial charge >= 0.3 is 11.9 Å². The van der Waals surface area contributed by atoms with E-state index in [0.29, 0.717) is 0 Å². The third kappa shape index (κ3) is 1.15. The lowest BCUT2D eigenvalue weighted by Gasteiger charge is -2.14. The molecule has 1 aromatic carbocycles. The Morgan fingerprint density at radius 2 is 1.61 bits per heavy atom. The smallest absolute Gasteiger partial charge is 0.307 e. The first-order chi connectivity index (χ1) is 8.55. The van der Waals surface area contributed by atoms with E-state index < -0.39 is 29.2 Å². The van der Waals surface area contributed by atoms with Gasteiger partial charge in [0, 0.05) is 5.41 Å². The molecule has 2 fully saturated rings. The van der Waals surface area contributed by atoms with E-state index in [1.54, 1.807) is 0 Å². The fraction of sp³-hybridized carbons (Fsp3) is 0.429. The monoisotopic (exact) mass is 246 g/mol. The molecule has 0 radical (unpaired) electrons. The minimum atomic E-state index is -0.878. The summed E-state index contributed by atoms with van der Waals surface area (Å²) >= 11 is 0. The first kappa shape index (κ1) is 11.3. The zero-order valence-electron chi connectivity index (χ0n) is 9.96. The number of fused-ring (bicyclic) bond motifs is 1. The molecule has 2 N–H and O–H groups in total. The molecule has 1 aromatic rings. The summed E-state index contributed by atoms with van der Waals surface area (Å²) in [6.07, 6.45) is 0.918. The van der Waals surface area contributed by atoms with Crippen molar-refractivity contribution in [1.82, 2.24) is 0 Å².